The standard InChI is InChI=1S/C16H22FN3O2/c1-13(21)20(15-6-4-3-5-14(15)17)8-7-16(22)19-11-9-18(2)10-12-19/h3-6H,7-12H2,1-2H3. The fourth-order valence-corrected chi connectivity index (χ4v) is 2.54. The maximum absolute atomic E-state index is 13.8. The average molecular weight is 307 g/mol. The van der Waals surface area contributed by atoms with E-state index in [1.165, 1.54) is 17.9 Å². The number of amides is 2. The molecule has 5 nitrogen and oxygen atoms in total. The molecule has 1 saturated heterocycles. The van der Waals surface area contributed by atoms with Crippen LogP contribution in [0.25, 0.3) is 0 Å². The van der Waals surface area contributed by atoms with Gasteiger partial charge in [0.25, 0.3) is 0 Å². The summed E-state index contributed by atoms with van der Waals surface area (Å²) >= 11 is 0. The molecule has 1 fully saturated rings. The lowest BCUT2D eigenvalue weighted by atomic mass is 10.2. The van der Waals surface area contributed by atoms with Crippen LogP contribution in [-0.2, 0) is 9.59 Å². The summed E-state index contributed by atoms with van der Waals surface area (Å²) in [6, 6.07) is 6.12. The molecule has 0 unspecified atom stereocenters. The second-order valence-electron chi connectivity index (χ2n) is 5.56. The van der Waals surface area contributed by atoms with Crippen LogP contribution in [0.15, 0.2) is 24.3 Å². The third kappa shape index (κ3) is 4.04. The molecule has 0 aliphatic carbocycles. The van der Waals surface area contributed by atoms with Crippen LogP contribution in [0.2, 0.25) is 0 Å². The first kappa shape index (κ1) is 16.4. The van der Waals surface area contributed by atoms with Gasteiger partial charge in [-0.25, -0.2) is 4.39 Å². The van der Waals surface area contributed by atoms with Crippen molar-refractivity contribution in [1.82, 2.24) is 9.80 Å². The van der Waals surface area contributed by atoms with E-state index < -0.39 is 5.82 Å². The molecule has 1 heterocycles. The lowest BCUT2D eigenvalue weighted by molar-refractivity contribution is -0.132. The zero-order valence-corrected chi connectivity index (χ0v) is 13.1. The van der Waals surface area contributed by atoms with Gasteiger partial charge in [0.2, 0.25) is 11.8 Å². The van der Waals surface area contributed by atoms with Crippen molar-refractivity contribution in [1.29, 1.82) is 0 Å². The van der Waals surface area contributed by atoms with E-state index in [0.717, 1.165) is 13.1 Å². The Balaban J connectivity index is 1.96. The third-order valence-corrected chi connectivity index (χ3v) is 3.93. The van der Waals surface area contributed by atoms with Crippen molar-refractivity contribution in [2.75, 3.05) is 44.7 Å². The summed E-state index contributed by atoms with van der Waals surface area (Å²) in [6.45, 7) is 4.70. The summed E-state index contributed by atoms with van der Waals surface area (Å²) in [4.78, 5) is 29.3. The molecule has 1 aliphatic rings. The second-order valence-corrected chi connectivity index (χ2v) is 5.56. The molecule has 0 radical (unpaired) electrons. The molecular formula is C16H22FN3O2. The number of para-hydroxylation sites is 1. The molecule has 2 amide bonds. The highest BCUT2D eigenvalue weighted by molar-refractivity contribution is 5.92. The Morgan fingerprint density at radius 2 is 1.82 bits per heavy atom. The number of carbonyl (C=O) groups excluding carboxylic acids is 2. The molecule has 0 N–H and O–H groups in total. The smallest absolute Gasteiger partial charge is 0.224 e. The largest absolute Gasteiger partial charge is 0.340 e. The van der Waals surface area contributed by atoms with Gasteiger partial charge in [-0.05, 0) is 19.2 Å². The van der Waals surface area contributed by atoms with Crippen molar-refractivity contribution in [2.24, 2.45) is 0 Å². The number of hydrogen-bond donors (Lipinski definition) is 0. The van der Waals surface area contributed by atoms with Gasteiger partial charge in [0.15, 0.2) is 0 Å². The van der Waals surface area contributed by atoms with Gasteiger partial charge in [-0.15, -0.1) is 0 Å². The van der Waals surface area contributed by atoms with E-state index in [4.69, 9.17) is 0 Å². The highest BCUT2D eigenvalue weighted by Crippen LogP contribution is 2.19. The number of anilines is 1. The zero-order chi connectivity index (χ0) is 16.1. The topological polar surface area (TPSA) is 43.9 Å². The average Bonchev–Trinajstić information content (AvgIpc) is 2.49. The lowest BCUT2D eigenvalue weighted by Crippen LogP contribution is -2.48. The van der Waals surface area contributed by atoms with Crippen LogP contribution in [0.1, 0.15) is 13.3 Å². The first-order chi connectivity index (χ1) is 10.5. The molecule has 0 saturated carbocycles. The van der Waals surface area contributed by atoms with Crippen LogP contribution in [0.3, 0.4) is 0 Å². The molecule has 0 aromatic heterocycles. The molecule has 1 aromatic carbocycles. The Morgan fingerprint density at radius 3 is 2.41 bits per heavy atom. The summed E-state index contributed by atoms with van der Waals surface area (Å²) in [5, 5.41) is 0. The quantitative estimate of drug-likeness (QED) is 0.843. The minimum absolute atomic E-state index is 0.00990. The second kappa shape index (κ2) is 7.35. The number of rotatable bonds is 4. The predicted octanol–water partition coefficient (Wildman–Crippen LogP) is 1.34. The summed E-state index contributed by atoms with van der Waals surface area (Å²) in [5.41, 5.74) is 0.223. The number of carbonyl (C=O) groups is 2. The van der Waals surface area contributed by atoms with Gasteiger partial charge in [-0.3, -0.25) is 9.59 Å². The van der Waals surface area contributed by atoms with Crippen LogP contribution in [-0.4, -0.2) is 61.4 Å². The third-order valence-electron chi connectivity index (χ3n) is 3.93. The van der Waals surface area contributed by atoms with E-state index in [1.807, 2.05) is 7.05 Å². The molecule has 22 heavy (non-hydrogen) atoms. The minimum atomic E-state index is -0.454. The Labute approximate surface area is 130 Å². The lowest BCUT2D eigenvalue weighted by Gasteiger charge is -2.33. The molecule has 0 bridgehead atoms. The van der Waals surface area contributed by atoms with Crippen LogP contribution >= 0.6 is 0 Å². The molecule has 6 heteroatoms. The Kier molecular flexibility index (Phi) is 5.49. The van der Waals surface area contributed by atoms with E-state index in [1.54, 1.807) is 23.1 Å². The molecule has 2 rings (SSSR count). The first-order valence-corrected chi connectivity index (χ1v) is 7.48. The minimum Gasteiger partial charge on any atom is -0.340 e. The van der Waals surface area contributed by atoms with Gasteiger partial charge in [0, 0.05) is 46.1 Å². The predicted molar refractivity (Wildman–Crippen MR) is 83.1 cm³/mol. The number of hydrogen-bond acceptors (Lipinski definition) is 3. The number of piperazine rings is 1. The maximum atomic E-state index is 13.8. The van der Waals surface area contributed by atoms with Crippen LogP contribution in [0, 0.1) is 5.82 Å². The molecule has 1 aliphatic heterocycles. The van der Waals surface area contributed by atoms with Crippen molar-refractivity contribution < 1.29 is 14.0 Å². The zero-order valence-electron chi connectivity index (χ0n) is 13.1. The van der Waals surface area contributed by atoms with Crippen molar-refractivity contribution >= 4 is 17.5 Å². The van der Waals surface area contributed by atoms with Crippen LogP contribution in [0.5, 0.6) is 0 Å². The van der Waals surface area contributed by atoms with Crippen molar-refractivity contribution in [3.63, 3.8) is 0 Å². The normalized spacial score (nSPS) is 15.7. The fraction of sp³-hybridized carbons (Fsp3) is 0.500. The first-order valence-electron chi connectivity index (χ1n) is 7.48. The fourth-order valence-electron chi connectivity index (χ4n) is 2.54. The van der Waals surface area contributed by atoms with Crippen LogP contribution < -0.4 is 4.90 Å². The number of benzene rings is 1. The highest BCUT2D eigenvalue weighted by atomic mass is 19.1. The highest BCUT2D eigenvalue weighted by Gasteiger charge is 2.21. The number of halogens is 1. The monoisotopic (exact) mass is 307 g/mol. The molecule has 0 atom stereocenters. The van der Waals surface area contributed by atoms with Crippen molar-refractivity contribution in [3.8, 4) is 0 Å². The molecular weight excluding hydrogens is 285 g/mol. The Hall–Kier alpha value is -1.95. The Morgan fingerprint density at radius 1 is 1.18 bits per heavy atom. The van der Waals surface area contributed by atoms with Crippen molar-refractivity contribution in [2.45, 2.75) is 13.3 Å². The summed E-state index contributed by atoms with van der Waals surface area (Å²) in [5.74, 6) is -0.711. The van der Waals surface area contributed by atoms with E-state index >= 15 is 0 Å². The van der Waals surface area contributed by atoms with Gasteiger partial charge in [-0.1, -0.05) is 12.1 Å². The SMILES string of the molecule is CC(=O)N(CCC(=O)N1CCN(C)CC1)c1ccccc1F. The molecule has 1 aromatic rings. The number of likely N-dealkylation sites (N-methyl/N-ethyl adjacent to an activating group) is 1. The van der Waals surface area contributed by atoms with Gasteiger partial charge >= 0.3 is 0 Å². The summed E-state index contributed by atoms with van der Waals surface area (Å²) < 4.78 is 13.8. The summed E-state index contributed by atoms with van der Waals surface area (Å²) in [6.07, 6.45) is 0.206. The van der Waals surface area contributed by atoms with E-state index in [-0.39, 0.29) is 30.5 Å². The Bertz CT molecular complexity index is 542. The van der Waals surface area contributed by atoms with Gasteiger partial charge < -0.3 is 14.7 Å². The van der Waals surface area contributed by atoms with E-state index in [2.05, 4.69) is 4.90 Å². The van der Waals surface area contributed by atoms with Crippen molar-refractivity contribution in [3.05, 3.63) is 30.1 Å². The van der Waals surface area contributed by atoms with Gasteiger partial charge in [0.1, 0.15) is 5.82 Å². The van der Waals surface area contributed by atoms with E-state index in [0.29, 0.717) is 13.1 Å². The maximum Gasteiger partial charge on any atom is 0.224 e. The van der Waals surface area contributed by atoms with Gasteiger partial charge in [0.05, 0.1) is 5.69 Å². The van der Waals surface area contributed by atoms with Gasteiger partial charge in [-0.2, -0.15) is 0 Å². The molecule has 120 valence electrons. The number of nitrogens with zero attached hydrogens (tertiary/aromatic N) is 3. The summed E-state index contributed by atoms with van der Waals surface area (Å²) in [7, 11) is 2.03. The molecule has 0 spiro atoms. The van der Waals surface area contributed by atoms with E-state index in [9.17, 15) is 14.0 Å². The van der Waals surface area contributed by atoms with Crippen LogP contribution in [0.4, 0.5) is 10.1 Å².